The molecule has 144 valence electrons. The summed E-state index contributed by atoms with van der Waals surface area (Å²) < 4.78 is 16.7. The van der Waals surface area contributed by atoms with Crippen molar-refractivity contribution in [2.75, 3.05) is 6.61 Å². The van der Waals surface area contributed by atoms with Crippen LogP contribution >= 0.6 is 0 Å². The maximum Gasteiger partial charge on any atom is 0.303 e. The molecule has 0 aromatic carbocycles. The first-order valence-corrected chi connectivity index (χ1v) is 11.6. The summed E-state index contributed by atoms with van der Waals surface area (Å²) in [5.74, 6) is -0.672. The largest absolute Gasteiger partial charge is 0.460 e. The molecule has 0 N–H and O–H groups in total. The Bertz CT molecular complexity index is 477. The van der Waals surface area contributed by atoms with Gasteiger partial charge >= 0.3 is 11.9 Å². The molecule has 0 rings (SSSR count). The van der Waals surface area contributed by atoms with E-state index in [4.69, 9.17) is 13.9 Å². The predicted octanol–water partition coefficient (Wildman–Crippen LogP) is 4.39. The van der Waals surface area contributed by atoms with E-state index in [9.17, 15) is 9.59 Å². The SMILES string of the molecule is C=CCC(/C=C/CC(CO[Si](C)(C)C(C)(C)C)OC(C)=O)OC(C)=O. The molecule has 2 atom stereocenters. The zero-order valence-electron chi connectivity index (χ0n) is 16.8. The Labute approximate surface area is 153 Å². The third kappa shape index (κ3) is 10.2. The van der Waals surface area contributed by atoms with Crippen LogP contribution in [-0.4, -0.2) is 39.1 Å². The Kier molecular flexibility index (Phi) is 9.96. The summed E-state index contributed by atoms with van der Waals surface area (Å²) in [5.41, 5.74) is 0. The maximum atomic E-state index is 11.3. The fourth-order valence-electron chi connectivity index (χ4n) is 1.83. The van der Waals surface area contributed by atoms with Gasteiger partial charge in [0.05, 0.1) is 6.61 Å². The molecular weight excluding hydrogens is 336 g/mol. The van der Waals surface area contributed by atoms with Crippen molar-refractivity contribution in [1.82, 2.24) is 0 Å². The predicted molar refractivity (Wildman–Crippen MR) is 103 cm³/mol. The van der Waals surface area contributed by atoms with E-state index < -0.39 is 8.32 Å². The lowest BCUT2D eigenvalue weighted by Gasteiger charge is -2.37. The Balaban J connectivity index is 4.82. The van der Waals surface area contributed by atoms with Crippen molar-refractivity contribution in [1.29, 1.82) is 0 Å². The third-order valence-corrected chi connectivity index (χ3v) is 8.74. The molecule has 0 saturated heterocycles. The average Bonchev–Trinajstić information content (AvgIpc) is 2.42. The van der Waals surface area contributed by atoms with E-state index in [1.165, 1.54) is 13.8 Å². The lowest BCUT2D eigenvalue weighted by molar-refractivity contribution is -0.147. The van der Waals surface area contributed by atoms with Crippen molar-refractivity contribution in [3.63, 3.8) is 0 Å². The van der Waals surface area contributed by atoms with Gasteiger partial charge in [0.1, 0.15) is 12.2 Å². The van der Waals surface area contributed by atoms with Gasteiger partial charge < -0.3 is 13.9 Å². The maximum absolute atomic E-state index is 11.3. The molecule has 25 heavy (non-hydrogen) atoms. The van der Waals surface area contributed by atoms with Gasteiger partial charge in [-0.05, 0) is 24.2 Å². The summed E-state index contributed by atoms with van der Waals surface area (Å²) in [6, 6.07) is 0. The summed E-state index contributed by atoms with van der Waals surface area (Å²) in [5, 5.41) is 0.0913. The molecule has 0 aliphatic carbocycles. The topological polar surface area (TPSA) is 61.8 Å². The number of ether oxygens (including phenoxy) is 2. The summed E-state index contributed by atoms with van der Waals surface area (Å²) in [6.07, 6.45) is 5.69. The van der Waals surface area contributed by atoms with E-state index in [0.717, 1.165) is 0 Å². The number of esters is 2. The normalized spacial score (nSPS) is 14.8. The third-order valence-electron chi connectivity index (χ3n) is 4.23. The highest BCUT2D eigenvalue weighted by Crippen LogP contribution is 2.36. The van der Waals surface area contributed by atoms with Gasteiger partial charge in [-0.3, -0.25) is 9.59 Å². The molecule has 0 aromatic rings. The van der Waals surface area contributed by atoms with Crippen molar-refractivity contribution in [3.05, 3.63) is 24.8 Å². The van der Waals surface area contributed by atoms with Crippen LogP contribution in [0, 0.1) is 0 Å². The second-order valence-electron chi connectivity index (χ2n) is 7.64. The number of rotatable bonds is 10. The fraction of sp³-hybridized carbons (Fsp3) is 0.684. The van der Waals surface area contributed by atoms with Crippen molar-refractivity contribution in [3.8, 4) is 0 Å². The fourth-order valence-corrected chi connectivity index (χ4v) is 2.86. The highest BCUT2D eigenvalue weighted by atomic mass is 28.4. The lowest BCUT2D eigenvalue weighted by atomic mass is 10.2. The van der Waals surface area contributed by atoms with Crippen molar-refractivity contribution < 1.29 is 23.5 Å². The number of carbonyl (C=O) groups is 2. The standard InChI is InChI=1S/C19H34O5Si/c1-9-11-17(23-15(2)20)12-10-13-18(24-16(3)21)14-22-25(7,8)19(4,5)6/h9-10,12,17-18H,1,11,13-14H2,2-8H3/b12-10+. The van der Waals surface area contributed by atoms with Gasteiger partial charge in [-0.2, -0.15) is 0 Å². The number of hydrogen-bond acceptors (Lipinski definition) is 5. The van der Waals surface area contributed by atoms with Gasteiger partial charge in [0.15, 0.2) is 8.32 Å². The number of carbonyl (C=O) groups excluding carboxylic acids is 2. The lowest BCUT2D eigenvalue weighted by Crippen LogP contribution is -2.43. The van der Waals surface area contributed by atoms with Crippen LogP contribution in [0.5, 0.6) is 0 Å². The first-order chi connectivity index (χ1) is 11.4. The molecule has 2 unspecified atom stereocenters. The molecule has 0 aliphatic rings. The summed E-state index contributed by atoms with van der Waals surface area (Å²) in [6.45, 7) is 17.6. The summed E-state index contributed by atoms with van der Waals surface area (Å²) in [7, 11) is -1.91. The zero-order valence-corrected chi connectivity index (χ0v) is 17.8. The molecule has 0 saturated carbocycles. The minimum Gasteiger partial charge on any atom is -0.460 e. The minimum atomic E-state index is -1.91. The van der Waals surface area contributed by atoms with E-state index in [1.807, 2.05) is 6.08 Å². The molecule has 0 radical (unpaired) electrons. The van der Waals surface area contributed by atoms with Crippen LogP contribution in [-0.2, 0) is 23.5 Å². The van der Waals surface area contributed by atoms with Gasteiger partial charge in [-0.1, -0.05) is 32.9 Å². The molecule has 0 bridgehead atoms. The quantitative estimate of drug-likeness (QED) is 0.324. The van der Waals surface area contributed by atoms with Crippen LogP contribution in [0.2, 0.25) is 18.1 Å². The Morgan fingerprint density at radius 1 is 1.08 bits per heavy atom. The van der Waals surface area contributed by atoms with Crippen LogP contribution in [0.1, 0.15) is 47.5 Å². The summed E-state index contributed by atoms with van der Waals surface area (Å²) >= 11 is 0. The van der Waals surface area contributed by atoms with Gasteiger partial charge in [0, 0.05) is 26.7 Å². The molecule has 5 nitrogen and oxygen atoms in total. The van der Waals surface area contributed by atoms with Crippen molar-refractivity contribution in [2.24, 2.45) is 0 Å². The number of hydrogen-bond donors (Lipinski definition) is 0. The molecule has 0 amide bonds. The molecule has 0 heterocycles. The van der Waals surface area contributed by atoms with E-state index in [1.54, 1.807) is 12.2 Å². The monoisotopic (exact) mass is 370 g/mol. The van der Waals surface area contributed by atoms with E-state index in [0.29, 0.717) is 19.4 Å². The molecular formula is C19H34O5Si. The van der Waals surface area contributed by atoms with Crippen molar-refractivity contribution >= 4 is 20.3 Å². The molecule has 0 spiro atoms. The second-order valence-corrected chi connectivity index (χ2v) is 12.4. The molecule has 6 heteroatoms. The first-order valence-electron chi connectivity index (χ1n) is 8.65. The van der Waals surface area contributed by atoms with Gasteiger partial charge in [-0.25, -0.2) is 0 Å². The molecule has 0 aliphatic heterocycles. The Morgan fingerprint density at radius 2 is 1.64 bits per heavy atom. The van der Waals surface area contributed by atoms with Crippen LogP contribution in [0.3, 0.4) is 0 Å². The highest BCUT2D eigenvalue weighted by Gasteiger charge is 2.37. The Hall–Kier alpha value is -1.40. The zero-order chi connectivity index (χ0) is 19.7. The van der Waals surface area contributed by atoms with Crippen LogP contribution in [0.15, 0.2) is 24.8 Å². The van der Waals surface area contributed by atoms with E-state index >= 15 is 0 Å². The minimum absolute atomic E-state index is 0.0913. The van der Waals surface area contributed by atoms with E-state index in [2.05, 4.69) is 40.4 Å². The van der Waals surface area contributed by atoms with Gasteiger partial charge in [0.2, 0.25) is 0 Å². The summed E-state index contributed by atoms with van der Waals surface area (Å²) in [4.78, 5) is 22.5. The van der Waals surface area contributed by atoms with Crippen LogP contribution in [0.25, 0.3) is 0 Å². The molecule has 0 aromatic heterocycles. The highest BCUT2D eigenvalue weighted by molar-refractivity contribution is 6.74. The van der Waals surface area contributed by atoms with Crippen LogP contribution < -0.4 is 0 Å². The second kappa shape index (κ2) is 10.6. The van der Waals surface area contributed by atoms with Gasteiger partial charge in [0.25, 0.3) is 0 Å². The smallest absolute Gasteiger partial charge is 0.303 e. The molecule has 0 fully saturated rings. The van der Waals surface area contributed by atoms with Crippen molar-refractivity contribution in [2.45, 2.75) is 77.8 Å². The van der Waals surface area contributed by atoms with Gasteiger partial charge in [-0.15, -0.1) is 6.58 Å². The average molecular weight is 371 g/mol. The first kappa shape index (κ1) is 23.6. The van der Waals surface area contributed by atoms with E-state index in [-0.39, 0.29) is 29.2 Å². The Morgan fingerprint density at radius 3 is 2.08 bits per heavy atom. The van der Waals surface area contributed by atoms with Crippen LogP contribution in [0.4, 0.5) is 0 Å².